The predicted molar refractivity (Wildman–Crippen MR) is 116 cm³/mol. The molecule has 30 heavy (non-hydrogen) atoms. The second-order valence-electron chi connectivity index (χ2n) is 6.70. The van der Waals surface area contributed by atoms with E-state index in [1.165, 1.54) is 0 Å². The Morgan fingerprint density at radius 2 is 1.50 bits per heavy atom. The van der Waals surface area contributed by atoms with Gasteiger partial charge in [-0.25, -0.2) is 4.79 Å². The Morgan fingerprint density at radius 3 is 2.07 bits per heavy atom. The zero-order chi connectivity index (χ0) is 21.0. The molecule has 2 N–H and O–H groups in total. The minimum atomic E-state index is -0.985. The number of rotatable bonds is 11. The van der Waals surface area contributed by atoms with Crippen molar-refractivity contribution in [3.8, 4) is 5.75 Å². The second-order valence-corrected chi connectivity index (χ2v) is 6.70. The lowest BCUT2D eigenvalue weighted by Crippen LogP contribution is -2.14. The summed E-state index contributed by atoms with van der Waals surface area (Å²) in [6, 6.07) is 27.6. The van der Waals surface area contributed by atoms with Gasteiger partial charge in [0.1, 0.15) is 11.9 Å². The molecule has 0 aliphatic rings. The molecule has 0 aliphatic carbocycles. The molecule has 3 rings (SSSR count). The third-order valence-electron chi connectivity index (χ3n) is 4.46. The summed E-state index contributed by atoms with van der Waals surface area (Å²) in [6.07, 6.45) is 5.33. The van der Waals surface area contributed by atoms with Gasteiger partial charge in [-0.3, -0.25) is 10.3 Å². The molecular weight excluding hydrogens is 378 g/mol. The van der Waals surface area contributed by atoms with Crippen LogP contribution < -0.4 is 10.2 Å². The first kappa shape index (κ1) is 21.1. The van der Waals surface area contributed by atoms with E-state index in [9.17, 15) is 4.79 Å². The van der Waals surface area contributed by atoms with Crippen molar-refractivity contribution in [1.29, 1.82) is 0 Å². The summed E-state index contributed by atoms with van der Waals surface area (Å²) in [7, 11) is 0. The number of hydroxylamine groups is 1. The zero-order valence-corrected chi connectivity index (χ0v) is 16.6. The Hall–Kier alpha value is -3.57. The predicted octanol–water partition coefficient (Wildman–Crippen LogP) is 4.91. The molecule has 0 saturated heterocycles. The van der Waals surface area contributed by atoms with Crippen molar-refractivity contribution in [3.63, 3.8) is 0 Å². The minimum absolute atomic E-state index is 0.199. The monoisotopic (exact) mass is 403 g/mol. The summed E-state index contributed by atoms with van der Waals surface area (Å²) < 4.78 is 5.14. The first-order valence-electron chi connectivity index (χ1n) is 9.82. The Morgan fingerprint density at radius 1 is 0.900 bits per heavy atom. The third kappa shape index (κ3) is 6.79. The van der Waals surface area contributed by atoms with Gasteiger partial charge in [-0.15, -0.1) is 0 Å². The van der Waals surface area contributed by atoms with Crippen molar-refractivity contribution >= 4 is 5.97 Å². The molecule has 3 aromatic rings. The third-order valence-corrected chi connectivity index (χ3v) is 4.46. The normalized spacial score (nSPS) is 11.0. The second kappa shape index (κ2) is 11.4. The van der Waals surface area contributed by atoms with Gasteiger partial charge < -0.3 is 9.84 Å². The van der Waals surface area contributed by atoms with E-state index < -0.39 is 5.97 Å². The number of hydrogen-bond acceptors (Lipinski definition) is 4. The lowest BCUT2D eigenvalue weighted by Gasteiger charge is -2.18. The van der Waals surface area contributed by atoms with Crippen LogP contribution in [0, 0.1) is 0 Å². The molecule has 0 amide bonds. The molecule has 0 radical (unpaired) electrons. The van der Waals surface area contributed by atoms with Crippen molar-refractivity contribution in [3.05, 3.63) is 114 Å². The van der Waals surface area contributed by atoms with Gasteiger partial charge in [-0.1, -0.05) is 78.9 Å². The maximum atomic E-state index is 10.5. The highest BCUT2D eigenvalue weighted by Gasteiger charge is 2.14. The molecule has 0 aliphatic heterocycles. The van der Waals surface area contributed by atoms with Gasteiger partial charge in [0.25, 0.3) is 0 Å². The molecule has 0 heterocycles. The van der Waals surface area contributed by atoms with E-state index in [2.05, 4.69) is 5.48 Å². The van der Waals surface area contributed by atoms with Crippen LogP contribution in [0.2, 0.25) is 0 Å². The lowest BCUT2D eigenvalue weighted by atomic mass is 10.0. The standard InChI is InChI=1S/C25H25NO4/c27-24(28)19-29-23-16-14-20(15-17-23)9-7-8-18-26-30-25(21-10-3-1-4-11-21)22-12-5-2-6-13-22/h1-6,8,10-18,25-26H,7,9,19H2,(H,27,28). The summed E-state index contributed by atoms with van der Waals surface area (Å²) in [4.78, 5) is 16.4. The Labute approximate surface area is 176 Å². The Bertz CT molecular complexity index is 885. The van der Waals surface area contributed by atoms with E-state index in [0.717, 1.165) is 29.5 Å². The number of aryl methyl sites for hydroxylation is 1. The van der Waals surface area contributed by atoms with Crippen LogP contribution in [0.15, 0.2) is 97.2 Å². The number of carboxylic acid groups (broad SMARTS) is 1. The van der Waals surface area contributed by atoms with Crippen molar-refractivity contribution in [2.75, 3.05) is 6.61 Å². The van der Waals surface area contributed by atoms with Crippen LogP contribution in [0.1, 0.15) is 29.2 Å². The molecule has 154 valence electrons. The smallest absolute Gasteiger partial charge is 0.341 e. The van der Waals surface area contributed by atoms with Crippen LogP contribution in [0.4, 0.5) is 0 Å². The number of nitrogens with one attached hydrogen (secondary N) is 1. The van der Waals surface area contributed by atoms with Crippen molar-refractivity contribution in [2.45, 2.75) is 18.9 Å². The number of carbonyl (C=O) groups is 1. The SMILES string of the molecule is O=C(O)COc1ccc(CCC=CNOC(c2ccccc2)c2ccccc2)cc1. The number of carboxylic acids is 1. The fraction of sp³-hybridized carbons (Fsp3) is 0.160. The molecule has 0 bridgehead atoms. The van der Waals surface area contributed by atoms with E-state index in [1.807, 2.05) is 85.1 Å². The molecule has 0 aromatic heterocycles. The van der Waals surface area contributed by atoms with Gasteiger partial charge in [-0.2, -0.15) is 0 Å². The van der Waals surface area contributed by atoms with Gasteiger partial charge in [-0.05, 0) is 41.7 Å². The molecule has 5 heteroatoms. The Balaban J connectivity index is 1.47. The van der Waals surface area contributed by atoms with Crippen LogP contribution in [0.25, 0.3) is 0 Å². The van der Waals surface area contributed by atoms with Crippen LogP contribution in [-0.2, 0) is 16.1 Å². The van der Waals surface area contributed by atoms with Crippen LogP contribution >= 0.6 is 0 Å². The van der Waals surface area contributed by atoms with Crippen molar-refractivity contribution in [2.24, 2.45) is 0 Å². The number of hydrogen-bond donors (Lipinski definition) is 2. The molecule has 0 unspecified atom stereocenters. The van der Waals surface area contributed by atoms with E-state index >= 15 is 0 Å². The van der Waals surface area contributed by atoms with E-state index in [4.69, 9.17) is 14.7 Å². The highest BCUT2D eigenvalue weighted by Crippen LogP contribution is 2.24. The molecule has 0 spiro atoms. The minimum Gasteiger partial charge on any atom is -0.482 e. The van der Waals surface area contributed by atoms with Gasteiger partial charge in [0.15, 0.2) is 6.61 Å². The number of allylic oxidation sites excluding steroid dienone is 1. The van der Waals surface area contributed by atoms with E-state index in [0.29, 0.717) is 5.75 Å². The highest BCUT2D eigenvalue weighted by atomic mass is 16.7. The largest absolute Gasteiger partial charge is 0.482 e. The average molecular weight is 403 g/mol. The van der Waals surface area contributed by atoms with Crippen LogP contribution in [-0.4, -0.2) is 17.7 Å². The summed E-state index contributed by atoms with van der Waals surface area (Å²) in [6.45, 7) is -0.333. The molecule has 5 nitrogen and oxygen atoms in total. The van der Waals surface area contributed by atoms with Gasteiger partial charge >= 0.3 is 5.97 Å². The maximum absolute atomic E-state index is 10.5. The molecule has 3 aromatic carbocycles. The first-order valence-corrected chi connectivity index (χ1v) is 9.82. The summed E-state index contributed by atoms with van der Waals surface area (Å²) in [5, 5.41) is 8.63. The fourth-order valence-electron chi connectivity index (χ4n) is 2.97. The van der Waals surface area contributed by atoms with E-state index in [1.54, 1.807) is 12.1 Å². The lowest BCUT2D eigenvalue weighted by molar-refractivity contribution is -0.139. The summed E-state index contributed by atoms with van der Waals surface area (Å²) in [5.74, 6) is -0.430. The van der Waals surface area contributed by atoms with E-state index in [-0.39, 0.29) is 12.7 Å². The van der Waals surface area contributed by atoms with Crippen molar-refractivity contribution < 1.29 is 19.5 Å². The average Bonchev–Trinajstić information content (AvgIpc) is 2.79. The van der Waals surface area contributed by atoms with Gasteiger partial charge in [0.2, 0.25) is 0 Å². The molecule has 0 atom stereocenters. The summed E-state index contributed by atoms with van der Waals surface area (Å²) in [5.41, 5.74) is 6.25. The molecule has 0 saturated carbocycles. The van der Waals surface area contributed by atoms with Crippen LogP contribution in [0.5, 0.6) is 5.75 Å². The molecule has 0 fully saturated rings. The number of ether oxygens (including phenoxy) is 1. The quantitative estimate of drug-likeness (QED) is 0.446. The fourth-order valence-corrected chi connectivity index (χ4v) is 2.97. The maximum Gasteiger partial charge on any atom is 0.341 e. The van der Waals surface area contributed by atoms with Crippen molar-refractivity contribution in [1.82, 2.24) is 5.48 Å². The molecular formula is C25H25NO4. The number of aliphatic carboxylic acids is 1. The van der Waals surface area contributed by atoms with Gasteiger partial charge in [0, 0.05) is 6.20 Å². The highest BCUT2D eigenvalue weighted by molar-refractivity contribution is 5.68. The number of benzene rings is 3. The topological polar surface area (TPSA) is 67.8 Å². The zero-order valence-electron chi connectivity index (χ0n) is 16.6. The summed E-state index contributed by atoms with van der Waals surface area (Å²) >= 11 is 0. The first-order chi connectivity index (χ1) is 14.7. The van der Waals surface area contributed by atoms with Crippen LogP contribution in [0.3, 0.4) is 0 Å². The Kier molecular flexibility index (Phi) is 8.06. The van der Waals surface area contributed by atoms with Gasteiger partial charge in [0.05, 0.1) is 0 Å².